The molecule has 1 amide bonds. The second-order valence-electron chi connectivity index (χ2n) is 6.36. The number of benzene rings is 1. The zero-order valence-corrected chi connectivity index (χ0v) is 14.3. The second kappa shape index (κ2) is 7.80. The lowest BCUT2D eigenvalue weighted by molar-refractivity contribution is -0.678. The van der Waals surface area contributed by atoms with Crippen LogP contribution in [0.1, 0.15) is 38.1 Å². The second-order valence-corrected chi connectivity index (χ2v) is 6.36. The molecule has 0 aliphatic carbocycles. The highest BCUT2D eigenvalue weighted by Crippen LogP contribution is 2.18. The Bertz CT molecular complexity index is 689. The van der Waals surface area contributed by atoms with Crippen LogP contribution in [0.2, 0.25) is 0 Å². The van der Waals surface area contributed by atoms with Crippen LogP contribution in [0.15, 0.2) is 53.1 Å². The highest BCUT2D eigenvalue weighted by atomic mass is 16.3. The fraction of sp³-hybridized carbons (Fsp3) is 0.368. The molecule has 2 aromatic rings. The zero-order chi connectivity index (χ0) is 17.6. The molecule has 3 N–H and O–H groups in total. The van der Waals surface area contributed by atoms with Crippen molar-refractivity contribution in [2.75, 3.05) is 6.54 Å². The number of nitrogens with one attached hydrogen (secondary N) is 1. The Morgan fingerprint density at radius 1 is 1.29 bits per heavy atom. The molecule has 0 saturated heterocycles. The van der Waals surface area contributed by atoms with Gasteiger partial charge in [0.25, 0.3) is 5.91 Å². The maximum Gasteiger partial charge on any atom is 0.276 e. The zero-order valence-electron chi connectivity index (χ0n) is 14.3. The van der Waals surface area contributed by atoms with Gasteiger partial charge in [0, 0.05) is 5.56 Å². The summed E-state index contributed by atoms with van der Waals surface area (Å²) in [4.78, 5) is 12.3. The topological polar surface area (TPSA) is 82.6 Å². The minimum atomic E-state index is -0.863. The number of nitrogens with zero attached hydrogens (tertiary/aromatic N) is 1. The molecule has 5 nitrogen and oxygen atoms in total. The molecule has 0 bridgehead atoms. The standard InChI is InChI=1S/C19H23N3O2/c1-14(2)19(3,13-20)22-17(23)12-21-18(16-10-7-11-24-16)15-8-5-4-6-9-15/h4-11,14,18,21H,12H2,1-3H3,(H,22,23)/p+1/t18-,19-/m0/s1. The first-order valence-corrected chi connectivity index (χ1v) is 8.10. The predicted molar refractivity (Wildman–Crippen MR) is 90.8 cm³/mol. The van der Waals surface area contributed by atoms with Crippen molar-refractivity contribution in [1.29, 1.82) is 5.26 Å². The number of carbonyl (C=O) groups excluding carboxylic acids is 1. The van der Waals surface area contributed by atoms with Gasteiger partial charge in [0.1, 0.15) is 5.54 Å². The van der Waals surface area contributed by atoms with Crippen LogP contribution in [-0.2, 0) is 4.79 Å². The number of quaternary nitrogens is 1. The van der Waals surface area contributed by atoms with Crippen LogP contribution in [0.3, 0.4) is 0 Å². The van der Waals surface area contributed by atoms with Crippen molar-refractivity contribution in [3.63, 3.8) is 0 Å². The molecule has 1 aromatic carbocycles. The van der Waals surface area contributed by atoms with E-state index < -0.39 is 5.54 Å². The van der Waals surface area contributed by atoms with E-state index in [9.17, 15) is 10.1 Å². The number of nitriles is 1. The maximum absolute atomic E-state index is 12.3. The summed E-state index contributed by atoms with van der Waals surface area (Å²) >= 11 is 0. The van der Waals surface area contributed by atoms with E-state index >= 15 is 0 Å². The van der Waals surface area contributed by atoms with Gasteiger partial charge in [0.05, 0.1) is 12.3 Å². The quantitative estimate of drug-likeness (QED) is 0.816. The van der Waals surface area contributed by atoms with E-state index in [1.165, 1.54) is 0 Å². The summed E-state index contributed by atoms with van der Waals surface area (Å²) in [6.07, 6.45) is 1.63. The summed E-state index contributed by atoms with van der Waals surface area (Å²) in [5.74, 6) is 0.655. The van der Waals surface area contributed by atoms with Crippen LogP contribution in [0, 0.1) is 17.2 Å². The lowest BCUT2D eigenvalue weighted by Gasteiger charge is -2.27. The van der Waals surface area contributed by atoms with E-state index in [0.29, 0.717) is 0 Å². The van der Waals surface area contributed by atoms with Crippen LogP contribution >= 0.6 is 0 Å². The van der Waals surface area contributed by atoms with Crippen molar-refractivity contribution in [2.24, 2.45) is 5.92 Å². The van der Waals surface area contributed by atoms with Crippen LogP contribution in [0.4, 0.5) is 0 Å². The highest BCUT2D eigenvalue weighted by Gasteiger charge is 2.31. The summed E-state index contributed by atoms with van der Waals surface area (Å²) in [6.45, 7) is 5.80. The average Bonchev–Trinajstić information content (AvgIpc) is 3.10. The van der Waals surface area contributed by atoms with Gasteiger partial charge >= 0.3 is 0 Å². The van der Waals surface area contributed by atoms with Crippen LogP contribution in [-0.4, -0.2) is 18.0 Å². The van der Waals surface area contributed by atoms with Gasteiger partial charge in [0.15, 0.2) is 18.3 Å². The molecule has 2 rings (SSSR count). The van der Waals surface area contributed by atoms with Gasteiger partial charge < -0.3 is 15.1 Å². The lowest BCUT2D eigenvalue weighted by Crippen LogP contribution is -2.88. The molecule has 0 spiro atoms. The first kappa shape index (κ1) is 17.8. The van der Waals surface area contributed by atoms with Crippen LogP contribution in [0.25, 0.3) is 0 Å². The van der Waals surface area contributed by atoms with Gasteiger partial charge in [-0.05, 0) is 25.0 Å². The van der Waals surface area contributed by atoms with Gasteiger partial charge in [-0.2, -0.15) is 5.26 Å². The fourth-order valence-electron chi connectivity index (χ4n) is 2.41. The summed E-state index contributed by atoms with van der Waals surface area (Å²) < 4.78 is 5.53. The summed E-state index contributed by atoms with van der Waals surface area (Å²) in [5, 5.41) is 14.1. The minimum absolute atomic E-state index is 0.0291. The largest absolute Gasteiger partial charge is 0.463 e. The molecule has 0 radical (unpaired) electrons. The lowest BCUT2D eigenvalue weighted by atomic mass is 9.90. The minimum Gasteiger partial charge on any atom is -0.463 e. The molecule has 24 heavy (non-hydrogen) atoms. The smallest absolute Gasteiger partial charge is 0.276 e. The molecule has 0 saturated carbocycles. The number of nitrogens with two attached hydrogens (primary N) is 1. The van der Waals surface area contributed by atoms with E-state index in [1.54, 1.807) is 13.2 Å². The van der Waals surface area contributed by atoms with E-state index in [2.05, 4.69) is 11.4 Å². The fourth-order valence-corrected chi connectivity index (χ4v) is 2.41. The molecule has 0 fully saturated rings. The maximum atomic E-state index is 12.3. The molecule has 0 aliphatic rings. The van der Waals surface area contributed by atoms with E-state index in [4.69, 9.17) is 4.42 Å². The number of rotatable bonds is 7. The van der Waals surface area contributed by atoms with Gasteiger partial charge in [-0.1, -0.05) is 44.2 Å². The number of hydrogen-bond donors (Lipinski definition) is 2. The first-order chi connectivity index (χ1) is 11.5. The third kappa shape index (κ3) is 4.24. The van der Waals surface area contributed by atoms with Crippen LogP contribution < -0.4 is 10.6 Å². The number of furan rings is 1. The van der Waals surface area contributed by atoms with Crippen molar-refractivity contribution in [3.8, 4) is 6.07 Å². The van der Waals surface area contributed by atoms with Gasteiger partial charge in [0.2, 0.25) is 0 Å². The Kier molecular flexibility index (Phi) is 5.78. The molecule has 1 heterocycles. The van der Waals surface area contributed by atoms with E-state index in [-0.39, 0.29) is 24.4 Å². The molecule has 0 aliphatic heterocycles. The van der Waals surface area contributed by atoms with E-state index in [1.807, 2.05) is 61.6 Å². The molecular weight excluding hydrogens is 302 g/mol. The van der Waals surface area contributed by atoms with Crippen molar-refractivity contribution in [1.82, 2.24) is 5.32 Å². The Morgan fingerprint density at radius 3 is 2.54 bits per heavy atom. The molecule has 0 unspecified atom stereocenters. The van der Waals surface area contributed by atoms with E-state index in [0.717, 1.165) is 11.3 Å². The number of carbonyl (C=O) groups is 1. The number of amides is 1. The third-order valence-corrected chi connectivity index (χ3v) is 4.33. The van der Waals surface area contributed by atoms with Crippen molar-refractivity contribution < 1.29 is 14.5 Å². The SMILES string of the molecule is CC(C)[C@](C)(C#N)NC(=O)C[NH2+][C@@H](c1ccccc1)c1ccco1. The Hall–Kier alpha value is -2.58. The summed E-state index contributed by atoms with van der Waals surface area (Å²) in [5.41, 5.74) is 0.199. The highest BCUT2D eigenvalue weighted by molar-refractivity contribution is 5.78. The van der Waals surface area contributed by atoms with Gasteiger partial charge in [-0.25, -0.2) is 0 Å². The molecule has 126 valence electrons. The summed E-state index contributed by atoms with van der Waals surface area (Å²) in [7, 11) is 0. The molecule has 5 heteroatoms. The Balaban J connectivity index is 2.07. The van der Waals surface area contributed by atoms with Crippen LogP contribution in [0.5, 0.6) is 0 Å². The first-order valence-electron chi connectivity index (χ1n) is 8.10. The Labute approximate surface area is 142 Å². The Morgan fingerprint density at radius 2 is 2.00 bits per heavy atom. The third-order valence-electron chi connectivity index (χ3n) is 4.33. The number of hydrogen-bond acceptors (Lipinski definition) is 3. The van der Waals surface area contributed by atoms with Gasteiger partial charge in [-0.3, -0.25) is 4.79 Å². The molecule has 2 atom stereocenters. The predicted octanol–water partition coefficient (Wildman–Crippen LogP) is 1.99. The van der Waals surface area contributed by atoms with Crippen molar-refractivity contribution in [3.05, 3.63) is 60.1 Å². The van der Waals surface area contributed by atoms with Gasteiger partial charge in [-0.15, -0.1) is 0 Å². The monoisotopic (exact) mass is 326 g/mol. The summed E-state index contributed by atoms with van der Waals surface area (Å²) in [6, 6.07) is 15.7. The van der Waals surface area contributed by atoms with Crippen molar-refractivity contribution in [2.45, 2.75) is 32.4 Å². The van der Waals surface area contributed by atoms with Crippen molar-refractivity contribution >= 4 is 5.91 Å². The molecular formula is C19H24N3O2+. The normalized spacial score (nSPS) is 14.6. The average molecular weight is 326 g/mol. The molecule has 1 aromatic heterocycles.